The fourth-order valence-corrected chi connectivity index (χ4v) is 6.17. The van der Waals surface area contributed by atoms with Crippen molar-refractivity contribution in [1.82, 2.24) is 24.9 Å². The van der Waals surface area contributed by atoms with Crippen LogP contribution in [0.4, 0.5) is 10.5 Å². The van der Waals surface area contributed by atoms with Crippen molar-refractivity contribution in [3.05, 3.63) is 107 Å². The number of piperidine rings is 1. The Morgan fingerprint density at radius 3 is 2.33 bits per heavy atom. The number of halogens is 1. The van der Waals surface area contributed by atoms with Crippen molar-refractivity contribution in [3.8, 4) is 5.75 Å². The summed E-state index contributed by atoms with van der Waals surface area (Å²) in [6.45, 7) is 2.76. The van der Waals surface area contributed by atoms with Crippen molar-refractivity contribution < 1.29 is 19.1 Å². The number of amides is 4. The van der Waals surface area contributed by atoms with Gasteiger partial charge in [0.2, 0.25) is 5.91 Å². The zero-order valence-electron chi connectivity index (χ0n) is 25.2. The predicted molar refractivity (Wildman–Crippen MR) is 172 cm³/mol. The van der Waals surface area contributed by atoms with E-state index in [2.05, 4.69) is 15.5 Å². The van der Waals surface area contributed by atoms with Gasteiger partial charge in [-0.05, 0) is 60.4 Å². The number of ether oxygens (including phenoxy) is 1. The van der Waals surface area contributed by atoms with E-state index in [9.17, 15) is 14.4 Å². The highest BCUT2D eigenvalue weighted by Gasteiger charge is 2.41. The molecule has 3 aliphatic heterocycles. The second kappa shape index (κ2) is 13.5. The molecular formula is C34H37ClN6O4. The Kier molecular flexibility index (Phi) is 9.11. The first kappa shape index (κ1) is 30.3. The summed E-state index contributed by atoms with van der Waals surface area (Å²) in [6.07, 6.45) is 3.58. The average Bonchev–Trinajstić information content (AvgIpc) is 3.57. The second-order valence-electron chi connectivity index (χ2n) is 11.7. The molecule has 45 heavy (non-hydrogen) atoms. The van der Waals surface area contributed by atoms with Gasteiger partial charge in [-0.15, -0.1) is 0 Å². The number of fused-ring (bicyclic) bond motifs is 1. The summed E-state index contributed by atoms with van der Waals surface area (Å²) in [6, 6.07) is 23.1. The van der Waals surface area contributed by atoms with Gasteiger partial charge in [-0.3, -0.25) is 9.59 Å². The summed E-state index contributed by atoms with van der Waals surface area (Å²) in [5.74, 6) is 0.626. The molecular weight excluding hydrogens is 592 g/mol. The molecule has 0 bridgehead atoms. The van der Waals surface area contributed by atoms with Crippen LogP contribution in [0.25, 0.3) is 0 Å². The maximum atomic E-state index is 13.9. The minimum Gasteiger partial charge on any atom is -0.489 e. The topological polar surface area (TPSA) is 97.5 Å². The van der Waals surface area contributed by atoms with Gasteiger partial charge in [0.25, 0.3) is 5.91 Å². The molecule has 2 fully saturated rings. The van der Waals surface area contributed by atoms with Crippen LogP contribution in [-0.2, 0) is 22.6 Å². The van der Waals surface area contributed by atoms with Gasteiger partial charge in [0.05, 0.1) is 13.3 Å². The first-order chi connectivity index (χ1) is 21.8. The monoisotopic (exact) mass is 628 g/mol. The number of hydrogen-bond donors (Lipinski definition) is 2. The van der Waals surface area contributed by atoms with Crippen LogP contribution in [0.1, 0.15) is 24.0 Å². The Bertz CT molecular complexity index is 1540. The van der Waals surface area contributed by atoms with Gasteiger partial charge in [-0.2, -0.15) is 0 Å². The Hall–Kier alpha value is -4.70. The van der Waals surface area contributed by atoms with E-state index in [1.807, 2.05) is 77.6 Å². The molecule has 3 aromatic rings. The lowest BCUT2D eigenvalue weighted by Crippen LogP contribution is -2.54. The SMILES string of the molecule is CN1C=C2C(=O)N(C3CCN(C(=O)[C@@H](Cc4ccc(OCc5ccccc5)cc4)NC(=O)Nc4ccc(Cl)cc4)CC3)CN2C1. The van der Waals surface area contributed by atoms with Crippen molar-refractivity contribution >= 4 is 35.1 Å². The zero-order valence-corrected chi connectivity index (χ0v) is 26.0. The van der Waals surface area contributed by atoms with Crippen molar-refractivity contribution in [2.45, 2.75) is 38.0 Å². The molecule has 0 aromatic heterocycles. The van der Waals surface area contributed by atoms with Gasteiger partial charge in [-0.25, -0.2) is 4.79 Å². The summed E-state index contributed by atoms with van der Waals surface area (Å²) in [7, 11) is 1.96. The summed E-state index contributed by atoms with van der Waals surface area (Å²) >= 11 is 5.99. The third-order valence-corrected chi connectivity index (χ3v) is 8.67. The fraction of sp³-hybridized carbons (Fsp3) is 0.324. The second-order valence-corrected chi connectivity index (χ2v) is 12.1. The summed E-state index contributed by atoms with van der Waals surface area (Å²) in [5, 5.41) is 6.27. The van der Waals surface area contributed by atoms with Crippen LogP contribution in [0.3, 0.4) is 0 Å². The minimum atomic E-state index is -0.787. The van der Waals surface area contributed by atoms with E-state index in [4.69, 9.17) is 16.3 Å². The molecule has 4 amide bonds. The lowest BCUT2D eigenvalue weighted by molar-refractivity contribution is -0.135. The third-order valence-electron chi connectivity index (χ3n) is 8.41. The highest BCUT2D eigenvalue weighted by Crippen LogP contribution is 2.29. The molecule has 3 aliphatic rings. The van der Waals surface area contributed by atoms with Gasteiger partial charge in [-0.1, -0.05) is 54.1 Å². The minimum absolute atomic E-state index is 0.0544. The molecule has 234 valence electrons. The Labute approximate surface area is 268 Å². The lowest BCUT2D eigenvalue weighted by Gasteiger charge is -2.38. The number of anilines is 1. The Morgan fingerprint density at radius 1 is 0.933 bits per heavy atom. The number of nitrogens with zero attached hydrogens (tertiary/aromatic N) is 4. The number of hydrogen-bond acceptors (Lipinski definition) is 6. The molecule has 0 radical (unpaired) electrons. The molecule has 2 N–H and O–H groups in total. The van der Waals surface area contributed by atoms with E-state index >= 15 is 0 Å². The number of carbonyl (C=O) groups is 3. The molecule has 0 unspecified atom stereocenters. The molecule has 10 nitrogen and oxygen atoms in total. The molecule has 3 aromatic carbocycles. The van der Waals surface area contributed by atoms with Crippen LogP contribution >= 0.6 is 11.6 Å². The van der Waals surface area contributed by atoms with Crippen LogP contribution in [0, 0.1) is 0 Å². The van der Waals surface area contributed by atoms with Crippen LogP contribution in [0.2, 0.25) is 5.02 Å². The van der Waals surface area contributed by atoms with Gasteiger partial charge in [0, 0.05) is 49.5 Å². The number of benzene rings is 3. The van der Waals surface area contributed by atoms with Crippen molar-refractivity contribution in [2.75, 3.05) is 38.8 Å². The zero-order chi connectivity index (χ0) is 31.3. The third kappa shape index (κ3) is 7.34. The standard InChI is InChI=1S/C34H37ClN6O4/c1-38-20-31-33(43)41(23-40(31)22-38)28-15-17-39(18-16-28)32(42)30(37-34(44)36-27-11-9-26(35)10-12-27)19-24-7-13-29(14-8-24)45-21-25-5-3-2-4-6-25/h2-14,20,28,30H,15-19,21-23H2,1H3,(H2,36,37,44)/t30-/m1/s1. The van der Waals surface area contributed by atoms with Gasteiger partial charge in [0.15, 0.2) is 0 Å². The molecule has 0 saturated carbocycles. The highest BCUT2D eigenvalue weighted by atomic mass is 35.5. The number of rotatable bonds is 9. The fourth-order valence-electron chi connectivity index (χ4n) is 6.04. The number of nitrogens with one attached hydrogen (secondary N) is 2. The molecule has 1 atom stereocenters. The number of urea groups is 1. The van der Waals surface area contributed by atoms with Crippen LogP contribution in [0.15, 0.2) is 90.8 Å². The molecule has 11 heteroatoms. The summed E-state index contributed by atoms with van der Waals surface area (Å²) in [4.78, 5) is 47.8. The van der Waals surface area contributed by atoms with E-state index in [-0.39, 0.29) is 17.9 Å². The van der Waals surface area contributed by atoms with Crippen LogP contribution in [0.5, 0.6) is 5.75 Å². The van der Waals surface area contributed by atoms with Crippen molar-refractivity contribution in [1.29, 1.82) is 0 Å². The van der Waals surface area contributed by atoms with E-state index in [0.29, 0.717) is 63.0 Å². The summed E-state index contributed by atoms with van der Waals surface area (Å²) in [5.41, 5.74) is 3.28. The molecule has 0 aliphatic carbocycles. The van der Waals surface area contributed by atoms with Gasteiger partial charge >= 0.3 is 6.03 Å². The predicted octanol–water partition coefficient (Wildman–Crippen LogP) is 4.49. The first-order valence-electron chi connectivity index (χ1n) is 15.2. The molecule has 2 saturated heterocycles. The molecule has 3 heterocycles. The van der Waals surface area contributed by atoms with Crippen molar-refractivity contribution in [3.63, 3.8) is 0 Å². The van der Waals surface area contributed by atoms with Crippen molar-refractivity contribution in [2.24, 2.45) is 0 Å². The Morgan fingerprint density at radius 2 is 1.64 bits per heavy atom. The largest absolute Gasteiger partial charge is 0.489 e. The van der Waals surface area contributed by atoms with Crippen LogP contribution in [-0.4, -0.2) is 83.0 Å². The summed E-state index contributed by atoms with van der Waals surface area (Å²) < 4.78 is 5.92. The normalized spacial score (nSPS) is 17.2. The first-order valence-corrected chi connectivity index (χ1v) is 15.6. The maximum absolute atomic E-state index is 13.9. The average molecular weight is 629 g/mol. The van der Waals surface area contributed by atoms with Gasteiger partial charge < -0.3 is 35.0 Å². The van der Waals surface area contributed by atoms with E-state index in [1.54, 1.807) is 29.2 Å². The van der Waals surface area contributed by atoms with E-state index in [0.717, 1.165) is 22.6 Å². The number of likely N-dealkylation sites (tertiary alicyclic amines) is 1. The van der Waals surface area contributed by atoms with E-state index in [1.165, 1.54) is 0 Å². The highest BCUT2D eigenvalue weighted by molar-refractivity contribution is 6.30. The van der Waals surface area contributed by atoms with Gasteiger partial charge in [0.1, 0.15) is 24.1 Å². The van der Waals surface area contributed by atoms with Crippen LogP contribution < -0.4 is 15.4 Å². The Balaban J connectivity index is 1.09. The smallest absolute Gasteiger partial charge is 0.319 e. The maximum Gasteiger partial charge on any atom is 0.319 e. The molecule has 0 spiro atoms. The number of carbonyl (C=O) groups excluding carboxylic acids is 3. The lowest BCUT2D eigenvalue weighted by atomic mass is 10.00. The quantitative estimate of drug-likeness (QED) is 0.363. The van der Waals surface area contributed by atoms with E-state index < -0.39 is 12.1 Å². The molecule has 6 rings (SSSR count).